The highest BCUT2D eigenvalue weighted by Gasteiger charge is 2.33. The van der Waals surface area contributed by atoms with Crippen molar-refractivity contribution in [2.45, 2.75) is 49.6 Å². The molecule has 2 aliphatic rings. The van der Waals surface area contributed by atoms with Crippen LogP contribution in [0.5, 0.6) is 0 Å². The predicted molar refractivity (Wildman–Crippen MR) is 103 cm³/mol. The number of amides is 1. The van der Waals surface area contributed by atoms with E-state index in [9.17, 15) is 13.2 Å². The lowest BCUT2D eigenvalue weighted by Crippen LogP contribution is -2.39. The smallest absolute Gasteiger partial charge is 0.263 e. The van der Waals surface area contributed by atoms with Crippen molar-refractivity contribution >= 4 is 34.2 Å². The molecule has 0 radical (unpaired) electrons. The van der Waals surface area contributed by atoms with E-state index in [4.69, 9.17) is 5.73 Å². The number of benzene rings is 1. The molecule has 7 nitrogen and oxygen atoms in total. The van der Waals surface area contributed by atoms with E-state index in [1.165, 1.54) is 0 Å². The van der Waals surface area contributed by atoms with Crippen LogP contribution in [0, 0.1) is 0 Å². The lowest BCUT2D eigenvalue weighted by Gasteiger charge is -2.21. The van der Waals surface area contributed by atoms with Gasteiger partial charge >= 0.3 is 0 Å². The van der Waals surface area contributed by atoms with Crippen LogP contribution < -0.4 is 10.5 Å². The minimum absolute atomic E-state index is 0. The van der Waals surface area contributed by atoms with Gasteiger partial charge in [-0.1, -0.05) is 31.9 Å². The molecule has 26 heavy (non-hydrogen) atoms. The summed E-state index contributed by atoms with van der Waals surface area (Å²) in [4.78, 5) is 19.3. The topological polar surface area (TPSA) is 105 Å². The fourth-order valence-electron chi connectivity index (χ4n) is 3.22. The summed E-state index contributed by atoms with van der Waals surface area (Å²) in [5, 5.41) is 0. The highest BCUT2D eigenvalue weighted by molar-refractivity contribution is 7.90. The van der Waals surface area contributed by atoms with Gasteiger partial charge in [0.15, 0.2) is 0 Å². The average molecular weight is 401 g/mol. The Hall–Kier alpha value is -1.64. The molecule has 0 saturated carbocycles. The third-order valence-corrected chi connectivity index (χ3v) is 6.00. The maximum absolute atomic E-state index is 12.8. The van der Waals surface area contributed by atoms with E-state index in [-0.39, 0.29) is 35.1 Å². The van der Waals surface area contributed by atoms with E-state index in [1.54, 1.807) is 29.2 Å². The predicted octanol–water partition coefficient (Wildman–Crippen LogP) is 1.27. The van der Waals surface area contributed by atoms with E-state index in [1.807, 2.05) is 6.92 Å². The van der Waals surface area contributed by atoms with Crippen LogP contribution in [0.3, 0.4) is 0 Å². The SMILES string of the molecule is CCCCC(N=C1NS(=O)(=O)c2ccccc21)C(=O)N1CC[C@@H](N)C1.Cl. The molecule has 0 aliphatic carbocycles. The Labute approximate surface area is 160 Å². The number of amidine groups is 1. The molecule has 2 heterocycles. The number of nitrogens with zero attached hydrogens (tertiary/aromatic N) is 2. The number of rotatable bonds is 5. The van der Waals surface area contributed by atoms with Crippen LogP contribution >= 0.6 is 12.4 Å². The van der Waals surface area contributed by atoms with Crippen LogP contribution in [-0.4, -0.2) is 50.2 Å². The van der Waals surface area contributed by atoms with Gasteiger partial charge in [-0.15, -0.1) is 12.4 Å². The number of aliphatic imine (C=N–C) groups is 1. The Kier molecular flexibility index (Phi) is 6.65. The first-order chi connectivity index (χ1) is 11.9. The second kappa shape index (κ2) is 8.37. The zero-order chi connectivity index (χ0) is 18.0. The second-order valence-electron chi connectivity index (χ2n) is 6.57. The second-order valence-corrected chi connectivity index (χ2v) is 8.22. The van der Waals surface area contributed by atoms with E-state index < -0.39 is 16.1 Å². The van der Waals surface area contributed by atoms with Gasteiger partial charge in [-0.2, -0.15) is 0 Å². The maximum atomic E-state index is 12.8. The Morgan fingerprint density at radius 1 is 1.42 bits per heavy atom. The molecule has 0 aromatic heterocycles. The van der Waals surface area contributed by atoms with Crippen molar-refractivity contribution < 1.29 is 13.2 Å². The molecular weight excluding hydrogens is 376 g/mol. The van der Waals surface area contributed by atoms with Crippen LogP contribution in [0.15, 0.2) is 34.2 Å². The fraction of sp³-hybridized carbons (Fsp3) is 0.529. The van der Waals surface area contributed by atoms with Crippen molar-refractivity contribution in [3.8, 4) is 0 Å². The van der Waals surface area contributed by atoms with Gasteiger partial charge in [-0.3, -0.25) is 14.5 Å². The van der Waals surface area contributed by atoms with Crippen molar-refractivity contribution in [1.82, 2.24) is 9.62 Å². The zero-order valence-electron chi connectivity index (χ0n) is 14.7. The Bertz CT molecular complexity index is 797. The van der Waals surface area contributed by atoms with Crippen molar-refractivity contribution in [1.29, 1.82) is 0 Å². The zero-order valence-corrected chi connectivity index (χ0v) is 16.4. The van der Waals surface area contributed by atoms with Crippen molar-refractivity contribution in [3.05, 3.63) is 29.8 Å². The van der Waals surface area contributed by atoms with E-state index >= 15 is 0 Å². The van der Waals surface area contributed by atoms with E-state index in [0.717, 1.165) is 19.3 Å². The quantitative estimate of drug-likeness (QED) is 0.776. The number of nitrogens with one attached hydrogen (secondary N) is 1. The molecule has 1 aromatic carbocycles. The molecule has 1 unspecified atom stereocenters. The van der Waals surface area contributed by atoms with Gasteiger partial charge in [0.05, 0.1) is 4.90 Å². The number of fused-ring (bicyclic) bond motifs is 1. The largest absolute Gasteiger partial charge is 0.339 e. The number of halogens is 1. The van der Waals surface area contributed by atoms with Gasteiger partial charge in [0.25, 0.3) is 10.0 Å². The third-order valence-electron chi connectivity index (χ3n) is 4.60. The monoisotopic (exact) mass is 400 g/mol. The number of nitrogens with two attached hydrogens (primary N) is 1. The van der Waals surface area contributed by atoms with Crippen LogP contribution in [0.1, 0.15) is 38.2 Å². The van der Waals surface area contributed by atoms with Gasteiger partial charge in [-0.25, -0.2) is 8.42 Å². The van der Waals surface area contributed by atoms with E-state index in [0.29, 0.717) is 25.1 Å². The third kappa shape index (κ3) is 4.19. The molecule has 0 spiro atoms. The summed E-state index contributed by atoms with van der Waals surface area (Å²) in [6, 6.07) is 6.11. The molecule has 1 amide bonds. The van der Waals surface area contributed by atoms with Crippen LogP contribution in [0.2, 0.25) is 0 Å². The van der Waals surface area contributed by atoms with Gasteiger partial charge in [0.1, 0.15) is 11.9 Å². The number of sulfonamides is 1. The lowest BCUT2D eigenvalue weighted by molar-refractivity contribution is -0.131. The molecule has 1 fully saturated rings. The Morgan fingerprint density at radius 3 is 2.81 bits per heavy atom. The molecule has 3 N–H and O–H groups in total. The number of carbonyl (C=O) groups is 1. The fourth-order valence-corrected chi connectivity index (χ4v) is 4.46. The number of carbonyl (C=O) groups excluding carboxylic acids is 1. The first-order valence-corrected chi connectivity index (χ1v) is 10.1. The van der Waals surface area contributed by atoms with Gasteiger partial charge in [-0.05, 0) is 25.0 Å². The summed E-state index contributed by atoms with van der Waals surface area (Å²) >= 11 is 0. The highest BCUT2D eigenvalue weighted by Crippen LogP contribution is 2.24. The summed E-state index contributed by atoms with van der Waals surface area (Å²) < 4.78 is 26.9. The standard InChI is InChI=1S/C17H24N4O3S.ClH/c1-2-3-7-14(17(22)21-10-9-12(18)11-21)19-16-13-6-4-5-8-15(13)25(23,24)20-16;/h4-6,8,12,14H,2-3,7,9-11,18H2,1H3,(H,19,20);1H/t12-,14?;/m1./s1. The van der Waals surface area contributed by atoms with Gasteiger partial charge in [0.2, 0.25) is 5.91 Å². The molecule has 0 bridgehead atoms. The lowest BCUT2D eigenvalue weighted by atomic mass is 10.1. The van der Waals surface area contributed by atoms with Gasteiger partial charge < -0.3 is 10.6 Å². The van der Waals surface area contributed by atoms with Crippen molar-refractivity contribution in [2.75, 3.05) is 13.1 Å². The Morgan fingerprint density at radius 2 is 2.15 bits per heavy atom. The van der Waals surface area contributed by atoms with Crippen molar-refractivity contribution in [2.24, 2.45) is 10.7 Å². The molecule has 2 atom stereocenters. The minimum atomic E-state index is -3.60. The van der Waals surface area contributed by atoms with Crippen molar-refractivity contribution in [3.63, 3.8) is 0 Å². The Balaban J connectivity index is 0.00000243. The number of hydrogen-bond donors (Lipinski definition) is 2. The first-order valence-electron chi connectivity index (χ1n) is 8.66. The highest BCUT2D eigenvalue weighted by atomic mass is 35.5. The summed E-state index contributed by atoms with van der Waals surface area (Å²) in [5.74, 6) is 0.186. The summed E-state index contributed by atoms with van der Waals surface area (Å²) in [6.07, 6.45) is 3.17. The average Bonchev–Trinajstić information content (AvgIpc) is 3.13. The van der Waals surface area contributed by atoms with Crippen LogP contribution in [0.4, 0.5) is 0 Å². The molecule has 9 heteroatoms. The number of hydrogen-bond acceptors (Lipinski definition) is 5. The number of likely N-dealkylation sites (tertiary alicyclic amines) is 1. The van der Waals surface area contributed by atoms with Crippen LogP contribution in [-0.2, 0) is 14.8 Å². The minimum Gasteiger partial charge on any atom is -0.339 e. The molecule has 2 aliphatic heterocycles. The molecule has 1 saturated heterocycles. The molecule has 1 aromatic rings. The van der Waals surface area contributed by atoms with Crippen LogP contribution in [0.25, 0.3) is 0 Å². The number of unbranched alkanes of at least 4 members (excludes halogenated alkanes) is 1. The summed E-state index contributed by atoms with van der Waals surface area (Å²) in [6.45, 7) is 3.22. The van der Waals surface area contributed by atoms with Gasteiger partial charge in [0, 0.05) is 24.7 Å². The molecule has 144 valence electrons. The first kappa shape index (κ1) is 20.7. The van der Waals surface area contributed by atoms with E-state index in [2.05, 4.69) is 9.71 Å². The summed E-state index contributed by atoms with van der Waals surface area (Å²) in [5.41, 5.74) is 6.43. The molecule has 3 rings (SSSR count). The normalized spacial score (nSPS) is 23.2. The maximum Gasteiger partial charge on any atom is 0.263 e. The summed E-state index contributed by atoms with van der Waals surface area (Å²) in [7, 11) is -3.60. The molecular formula is C17H25ClN4O3S.